The summed E-state index contributed by atoms with van der Waals surface area (Å²) in [5.41, 5.74) is 9.64. The molecule has 5 heteroatoms. The smallest absolute Gasteiger partial charge is 0.197 e. The van der Waals surface area contributed by atoms with Gasteiger partial charge in [0.1, 0.15) is 0 Å². The Hall–Kier alpha value is -6.98. The van der Waals surface area contributed by atoms with E-state index in [1.54, 1.807) is 0 Å². The van der Waals surface area contributed by atoms with Crippen LogP contribution in [0, 0.1) is 0 Å². The summed E-state index contributed by atoms with van der Waals surface area (Å²) in [5.74, 6) is 1.66. The molecule has 0 saturated carbocycles. The Balaban J connectivity index is 1.31. The highest BCUT2D eigenvalue weighted by molar-refractivity contribution is 6.19. The fraction of sp³-hybridized carbons (Fsp3) is 0. The molecular weight excluding hydrogens is 625 g/mol. The number of pyridine rings is 1. The van der Waals surface area contributed by atoms with Crippen molar-refractivity contribution in [2.24, 2.45) is 0 Å². The fourth-order valence-electron chi connectivity index (χ4n) is 7.32. The predicted molar refractivity (Wildman–Crippen MR) is 208 cm³/mol. The largest absolute Gasteiger partial charge is 0.308 e. The Morgan fingerprint density at radius 1 is 0.333 bits per heavy atom. The van der Waals surface area contributed by atoms with Crippen LogP contribution in [0.5, 0.6) is 0 Å². The summed E-state index contributed by atoms with van der Waals surface area (Å²) in [7, 11) is 0. The average Bonchev–Trinajstić information content (AvgIpc) is 3.54. The van der Waals surface area contributed by atoms with Crippen molar-refractivity contribution in [1.29, 1.82) is 0 Å². The van der Waals surface area contributed by atoms with Crippen LogP contribution in [0.1, 0.15) is 0 Å². The maximum Gasteiger partial charge on any atom is 0.197 e. The molecule has 0 spiro atoms. The summed E-state index contributed by atoms with van der Waals surface area (Å²) >= 11 is 0. The van der Waals surface area contributed by atoms with Crippen LogP contribution < -0.4 is 5.43 Å². The summed E-state index contributed by atoms with van der Waals surface area (Å²) < 4.78 is 2.25. The summed E-state index contributed by atoms with van der Waals surface area (Å²) in [6.45, 7) is 0. The molecule has 0 bridgehead atoms. The minimum absolute atomic E-state index is 0.0196. The molecule has 10 rings (SSSR count). The van der Waals surface area contributed by atoms with E-state index in [1.165, 1.54) is 0 Å². The third-order valence-corrected chi connectivity index (χ3v) is 9.76. The molecule has 0 aliphatic rings. The van der Waals surface area contributed by atoms with E-state index in [1.807, 2.05) is 97.1 Å². The van der Waals surface area contributed by atoms with Crippen LogP contribution in [0.3, 0.4) is 0 Å². The van der Waals surface area contributed by atoms with Gasteiger partial charge in [-0.2, -0.15) is 0 Å². The average molecular weight is 653 g/mol. The minimum Gasteiger partial charge on any atom is -0.308 e. The van der Waals surface area contributed by atoms with Gasteiger partial charge < -0.3 is 4.40 Å². The highest BCUT2D eigenvalue weighted by Gasteiger charge is 2.21. The first-order valence-electron chi connectivity index (χ1n) is 17.0. The van der Waals surface area contributed by atoms with Gasteiger partial charge in [-0.3, -0.25) is 4.79 Å². The molecule has 3 aromatic heterocycles. The molecule has 0 aliphatic heterocycles. The normalized spacial score (nSPS) is 11.6. The maximum absolute atomic E-state index is 14.7. The van der Waals surface area contributed by atoms with Crippen LogP contribution in [-0.4, -0.2) is 19.4 Å². The fourth-order valence-corrected chi connectivity index (χ4v) is 7.32. The number of rotatable bonds is 5. The third kappa shape index (κ3) is 4.78. The maximum atomic E-state index is 14.7. The molecule has 0 saturated heterocycles. The van der Waals surface area contributed by atoms with Gasteiger partial charge in [0.25, 0.3) is 0 Å². The first-order chi connectivity index (χ1) is 25.2. The van der Waals surface area contributed by atoms with Crippen molar-refractivity contribution in [1.82, 2.24) is 19.4 Å². The molecule has 51 heavy (non-hydrogen) atoms. The molecule has 0 amide bonds. The van der Waals surface area contributed by atoms with Gasteiger partial charge in [-0.1, -0.05) is 133 Å². The monoisotopic (exact) mass is 652 g/mol. The lowest BCUT2D eigenvalue weighted by atomic mass is 9.99. The van der Waals surface area contributed by atoms with E-state index in [0.717, 1.165) is 66.3 Å². The van der Waals surface area contributed by atoms with E-state index in [2.05, 4.69) is 77.2 Å². The van der Waals surface area contributed by atoms with Crippen LogP contribution in [0.15, 0.2) is 175 Å². The topological polar surface area (TPSA) is 60.2 Å². The zero-order valence-electron chi connectivity index (χ0n) is 27.4. The second-order valence-corrected chi connectivity index (χ2v) is 12.8. The lowest BCUT2D eigenvalue weighted by molar-refractivity contribution is 1.07. The van der Waals surface area contributed by atoms with Gasteiger partial charge in [0.05, 0.1) is 16.6 Å². The van der Waals surface area contributed by atoms with E-state index in [4.69, 9.17) is 15.0 Å². The van der Waals surface area contributed by atoms with Gasteiger partial charge >= 0.3 is 0 Å². The van der Waals surface area contributed by atoms with E-state index >= 15 is 0 Å². The van der Waals surface area contributed by atoms with Gasteiger partial charge in [-0.25, -0.2) is 15.0 Å². The number of hydrogen-bond acceptors (Lipinski definition) is 4. The first kappa shape index (κ1) is 29.0. The Morgan fingerprint density at radius 3 is 1.24 bits per heavy atom. The van der Waals surface area contributed by atoms with E-state index in [9.17, 15) is 4.79 Å². The van der Waals surface area contributed by atoms with Crippen molar-refractivity contribution in [3.8, 4) is 56.4 Å². The van der Waals surface area contributed by atoms with Crippen molar-refractivity contribution >= 4 is 38.1 Å². The van der Waals surface area contributed by atoms with Gasteiger partial charge in [-0.15, -0.1) is 0 Å². The third-order valence-electron chi connectivity index (χ3n) is 9.76. The van der Waals surface area contributed by atoms with Crippen LogP contribution >= 0.6 is 0 Å². The molecule has 5 nitrogen and oxygen atoms in total. The molecular formula is C46H28N4O. The van der Waals surface area contributed by atoms with Gasteiger partial charge in [0.15, 0.2) is 22.9 Å². The second kappa shape index (κ2) is 11.6. The van der Waals surface area contributed by atoms with Crippen molar-refractivity contribution in [3.63, 3.8) is 0 Å². The molecule has 3 heterocycles. The predicted octanol–water partition coefficient (Wildman–Crippen LogP) is 10.7. The van der Waals surface area contributed by atoms with Crippen LogP contribution in [0.4, 0.5) is 0 Å². The zero-order valence-corrected chi connectivity index (χ0v) is 27.4. The van der Waals surface area contributed by atoms with Crippen molar-refractivity contribution < 1.29 is 0 Å². The van der Waals surface area contributed by atoms with Crippen LogP contribution in [-0.2, 0) is 0 Å². The zero-order chi connectivity index (χ0) is 33.9. The molecule has 0 radical (unpaired) electrons. The molecule has 0 N–H and O–H groups in total. The van der Waals surface area contributed by atoms with Gasteiger partial charge in [0.2, 0.25) is 0 Å². The molecule has 0 fully saturated rings. The summed E-state index contributed by atoms with van der Waals surface area (Å²) in [5, 5.41) is 3.32. The van der Waals surface area contributed by atoms with Gasteiger partial charge in [-0.05, 0) is 58.7 Å². The second-order valence-electron chi connectivity index (χ2n) is 12.8. The lowest BCUT2D eigenvalue weighted by Gasteiger charge is -2.11. The number of nitrogens with zero attached hydrogens (tertiary/aromatic N) is 4. The quantitative estimate of drug-likeness (QED) is 0.174. The molecule has 10 aromatic rings. The number of fused-ring (bicyclic) bond motifs is 5. The lowest BCUT2D eigenvalue weighted by Crippen LogP contribution is -2.07. The standard InChI is InChI=1S/C46H28N4O/c51-43-38-26-34(30-15-7-2-8-16-30)22-24-41(38)50-40-23-21-33(29-13-5-1-6-14-29)25-36(40)37-27-35(28-39(43)42(37)50)46-48-44(31-17-9-3-10-18-31)47-45(49-46)32-19-11-4-12-20-32/h1-28H. The summed E-state index contributed by atoms with van der Waals surface area (Å²) in [4.78, 5) is 29.7. The Labute approximate surface area is 293 Å². The van der Waals surface area contributed by atoms with Crippen molar-refractivity contribution in [2.75, 3.05) is 0 Å². The minimum atomic E-state index is -0.0196. The van der Waals surface area contributed by atoms with E-state index in [0.29, 0.717) is 28.2 Å². The first-order valence-corrected chi connectivity index (χ1v) is 17.0. The van der Waals surface area contributed by atoms with E-state index in [-0.39, 0.29) is 5.43 Å². The van der Waals surface area contributed by atoms with Crippen LogP contribution in [0.2, 0.25) is 0 Å². The summed E-state index contributed by atoms with van der Waals surface area (Å²) in [6, 6.07) is 57.4. The molecule has 0 unspecified atom stereocenters. The highest BCUT2D eigenvalue weighted by atomic mass is 16.1. The SMILES string of the molecule is O=c1c2cc(-c3ccccc3)ccc2n2c3ccc(-c4ccccc4)cc3c3cc(-c4nc(-c5ccccc5)nc(-c5ccccc5)n4)cc1c32. The Bertz CT molecular complexity index is 2900. The molecule has 0 atom stereocenters. The number of benzene rings is 7. The molecule has 7 aromatic carbocycles. The van der Waals surface area contributed by atoms with Crippen LogP contribution in [0.25, 0.3) is 94.5 Å². The molecule has 238 valence electrons. The Morgan fingerprint density at radius 2 is 0.725 bits per heavy atom. The van der Waals surface area contributed by atoms with Crippen molar-refractivity contribution in [3.05, 3.63) is 180 Å². The molecule has 0 aliphatic carbocycles. The summed E-state index contributed by atoms with van der Waals surface area (Å²) in [6.07, 6.45) is 0. The van der Waals surface area contributed by atoms with Gasteiger partial charge in [0, 0.05) is 38.2 Å². The number of hydrogen-bond donors (Lipinski definition) is 0. The van der Waals surface area contributed by atoms with E-state index < -0.39 is 0 Å². The van der Waals surface area contributed by atoms with Crippen molar-refractivity contribution in [2.45, 2.75) is 0 Å². The highest BCUT2D eigenvalue weighted by Crippen LogP contribution is 2.39. The Kier molecular flexibility index (Phi) is 6.58. The number of aromatic nitrogens is 4.